The molecule has 0 radical (unpaired) electrons. The standard InChI is InChI=1S/C37H45N3O3/c1-25-19-26(2)24-40(23-25)33-14-10-9-13-30(33)36(28-11-7-6-8-12-28)39-34(41)21-27-15-17-32-31(20-27)29(22-38-32)16-18-35(42)43-37(3,4)5/h6-15,17,20,22,25-26,36,38H,16,18-19,21,23-24H2,1-5H3,(H,39,41). The molecule has 1 aliphatic heterocycles. The maximum atomic E-state index is 13.7. The molecule has 0 spiro atoms. The fourth-order valence-electron chi connectivity index (χ4n) is 6.43. The first-order valence-electron chi connectivity index (χ1n) is 15.5. The minimum absolute atomic E-state index is 0.0331. The van der Waals surface area contributed by atoms with Crippen LogP contribution >= 0.6 is 0 Å². The number of esters is 1. The average molecular weight is 580 g/mol. The highest BCUT2D eigenvalue weighted by molar-refractivity contribution is 5.87. The number of piperidine rings is 1. The molecule has 1 aromatic heterocycles. The van der Waals surface area contributed by atoms with Gasteiger partial charge in [0.25, 0.3) is 0 Å². The van der Waals surface area contributed by atoms with Crippen molar-refractivity contribution in [3.63, 3.8) is 0 Å². The zero-order valence-electron chi connectivity index (χ0n) is 26.2. The minimum Gasteiger partial charge on any atom is -0.460 e. The van der Waals surface area contributed by atoms with Gasteiger partial charge in [-0.3, -0.25) is 9.59 Å². The Morgan fingerprint density at radius 2 is 1.67 bits per heavy atom. The number of para-hydroxylation sites is 1. The molecule has 2 heterocycles. The normalized spacial score (nSPS) is 17.9. The maximum absolute atomic E-state index is 13.7. The number of rotatable bonds is 9. The number of fused-ring (bicyclic) bond motifs is 1. The first-order valence-corrected chi connectivity index (χ1v) is 15.5. The molecule has 43 heavy (non-hydrogen) atoms. The van der Waals surface area contributed by atoms with Gasteiger partial charge < -0.3 is 19.9 Å². The van der Waals surface area contributed by atoms with Crippen LogP contribution in [0.5, 0.6) is 0 Å². The summed E-state index contributed by atoms with van der Waals surface area (Å²) in [6.45, 7) is 12.3. The van der Waals surface area contributed by atoms with Crippen molar-refractivity contribution >= 4 is 28.5 Å². The van der Waals surface area contributed by atoms with E-state index in [2.05, 4.69) is 71.5 Å². The molecule has 0 bridgehead atoms. The second-order valence-corrected chi connectivity index (χ2v) is 13.3. The van der Waals surface area contributed by atoms with Gasteiger partial charge in [0, 0.05) is 47.9 Å². The van der Waals surface area contributed by atoms with E-state index in [0.29, 0.717) is 24.7 Å². The third-order valence-corrected chi connectivity index (χ3v) is 8.11. The summed E-state index contributed by atoms with van der Waals surface area (Å²) in [5, 5.41) is 4.42. The molecule has 5 rings (SSSR count). The van der Waals surface area contributed by atoms with Gasteiger partial charge in [-0.2, -0.15) is 0 Å². The molecule has 1 saturated heterocycles. The van der Waals surface area contributed by atoms with Crippen LogP contribution in [-0.4, -0.2) is 35.6 Å². The molecule has 226 valence electrons. The van der Waals surface area contributed by atoms with E-state index >= 15 is 0 Å². The predicted molar refractivity (Wildman–Crippen MR) is 174 cm³/mol. The Hall–Kier alpha value is -4.06. The van der Waals surface area contributed by atoms with Gasteiger partial charge in [-0.05, 0) is 80.3 Å². The number of aryl methyl sites for hydroxylation is 1. The molecule has 6 heteroatoms. The predicted octanol–water partition coefficient (Wildman–Crippen LogP) is 7.37. The number of H-pyrrole nitrogens is 1. The molecule has 1 aliphatic rings. The van der Waals surface area contributed by atoms with Crippen LogP contribution in [0.25, 0.3) is 10.9 Å². The van der Waals surface area contributed by atoms with Gasteiger partial charge in [-0.1, -0.05) is 68.4 Å². The first kappa shape index (κ1) is 30.4. The minimum atomic E-state index is -0.499. The molecule has 0 aliphatic carbocycles. The van der Waals surface area contributed by atoms with Crippen molar-refractivity contribution in [2.45, 2.75) is 71.9 Å². The summed E-state index contributed by atoms with van der Waals surface area (Å²) >= 11 is 0. The van der Waals surface area contributed by atoms with E-state index in [0.717, 1.165) is 46.2 Å². The highest BCUT2D eigenvalue weighted by Gasteiger charge is 2.27. The molecule has 2 N–H and O–H groups in total. The molecular weight excluding hydrogens is 534 g/mol. The van der Waals surface area contributed by atoms with Gasteiger partial charge in [-0.25, -0.2) is 0 Å². The topological polar surface area (TPSA) is 74.4 Å². The van der Waals surface area contributed by atoms with Crippen LogP contribution < -0.4 is 10.2 Å². The average Bonchev–Trinajstić information content (AvgIpc) is 3.36. The monoisotopic (exact) mass is 579 g/mol. The Balaban J connectivity index is 1.36. The molecule has 6 nitrogen and oxygen atoms in total. The van der Waals surface area contributed by atoms with E-state index in [1.165, 1.54) is 12.1 Å². The molecule has 3 unspecified atom stereocenters. The first-order chi connectivity index (χ1) is 20.6. The van der Waals surface area contributed by atoms with Crippen LogP contribution in [0.3, 0.4) is 0 Å². The number of carbonyl (C=O) groups is 2. The molecule has 1 amide bonds. The number of nitrogens with one attached hydrogen (secondary N) is 2. The third kappa shape index (κ3) is 7.86. The van der Waals surface area contributed by atoms with Crippen molar-refractivity contribution in [1.29, 1.82) is 0 Å². The number of aromatic nitrogens is 1. The lowest BCUT2D eigenvalue weighted by atomic mass is 9.89. The zero-order valence-corrected chi connectivity index (χ0v) is 26.2. The molecule has 3 atom stereocenters. The molecule has 1 fully saturated rings. The smallest absolute Gasteiger partial charge is 0.306 e. The lowest BCUT2D eigenvalue weighted by molar-refractivity contribution is -0.154. The van der Waals surface area contributed by atoms with Gasteiger partial charge in [0.15, 0.2) is 0 Å². The molecule has 3 aromatic carbocycles. The highest BCUT2D eigenvalue weighted by Crippen LogP contribution is 2.34. The van der Waals surface area contributed by atoms with E-state index in [-0.39, 0.29) is 24.3 Å². The summed E-state index contributed by atoms with van der Waals surface area (Å²) < 4.78 is 5.49. The number of carbonyl (C=O) groups excluding carboxylic acids is 2. The summed E-state index contributed by atoms with van der Waals surface area (Å²) in [5.41, 5.74) is 5.84. The lowest BCUT2D eigenvalue weighted by Crippen LogP contribution is -2.40. The fourth-order valence-corrected chi connectivity index (χ4v) is 6.43. The number of aromatic amines is 1. The van der Waals surface area contributed by atoms with E-state index in [1.54, 1.807) is 0 Å². The quantitative estimate of drug-likeness (QED) is 0.203. The third-order valence-electron chi connectivity index (χ3n) is 8.11. The molecule has 4 aromatic rings. The Kier molecular flexibility index (Phi) is 9.24. The second-order valence-electron chi connectivity index (χ2n) is 13.3. The molecule has 0 saturated carbocycles. The van der Waals surface area contributed by atoms with Crippen LogP contribution in [0.4, 0.5) is 5.69 Å². The zero-order chi connectivity index (χ0) is 30.6. The number of nitrogens with zero attached hydrogens (tertiary/aromatic N) is 1. The van der Waals surface area contributed by atoms with E-state index < -0.39 is 5.60 Å². The Labute approximate surface area is 255 Å². The number of ether oxygens (including phenoxy) is 1. The largest absolute Gasteiger partial charge is 0.460 e. The fraction of sp³-hybridized carbons (Fsp3) is 0.405. The van der Waals surface area contributed by atoms with Crippen LogP contribution in [0.1, 0.15) is 75.8 Å². The van der Waals surface area contributed by atoms with Crippen molar-refractivity contribution in [3.05, 3.63) is 101 Å². The van der Waals surface area contributed by atoms with Crippen LogP contribution in [-0.2, 0) is 27.2 Å². The lowest BCUT2D eigenvalue weighted by Gasteiger charge is -2.38. The Morgan fingerprint density at radius 3 is 2.40 bits per heavy atom. The summed E-state index contributed by atoms with van der Waals surface area (Å²) in [5.74, 6) is 1.00. The van der Waals surface area contributed by atoms with E-state index in [1.807, 2.05) is 57.3 Å². The van der Waals surface area contributed by atoms with Crippen LogP contribution in [0.2, 0.25) is 0 Å². The number of hydrogen-bond acceptors (Lipinski definition) is 4. The number of benzene rings is 3. The van der Waals surface area contributed by atoms with E-state index in [4.69, 9.17) is 4.74 Å². The highest BCUT2D eigenvalue weighted by atomic mass is 16.6. The van der Waals surface area contributed by atoms with Crippen LogP contribution in [0, 0.1) is 11.8 Å². The summed E-state index contributed by atoms with van der Waals surface area (Å²) in [7, 11) is 0. The van der Waals surface area contributed by atoms with Gasteiger partial charge in [0.1, 0.15) is 5.60 Å². The number of anilines is 1. The van der Waals surface area contributed by atoms with Crippen molar-refractivity contribution in [2.24, 2.45) is 11.8 Å². The van der Waals surface area contributed by atoms with Crippen molar-refractivity contribution in [3.8, 4) is 0 Å². The number of amides is 1. The van der Waals surface area contributed by atoms with Gasteiger partial charge in [0.05, 0.1) is 12.5 Å². The van der Waals surface area contributed by atoms with Crippen LogP contribution in [0.15, 0.2) is 79.0 Å². The maximum Gasteiger partial charge on any atom is 0.306 e. The van der Waals surface area contributed by atoms with Gasteiger partial charge in [0.2, 0.25) is 5.91 Å². The van der Waals surface area contributed by atoms with Gasteiger partial charge in [-0.15, -0.1) is 0 Å². The van der Waals surface area contributed by atoms with Crippen molar-refractivity contribution in [1.82, 2.24) is 10.3 Å². The number of hydrogen-bond donors (Lipinski definition) is 2. The summed E-state index contributed by atoms with van der Waals surface area (Å²) in [4.78, 5) is 31.8. The van der Waals surface area contributed by atoms with Crippen molar-refractivity contribution < 1.29 is 14.3 Å². The summed E-state index contributed by atoms with van der Waals surface area (Å²) in [6, 6.07) is 24.6. The van der Waals surface area contributed by atoms with E-state index in [9.17, 15) is 9.59 Å². The molecular formula is C37H45N3O3. The van der Waals surface area contributed by atoms with Crippen molar-refractivity contribution in [2.75, 3.05) is 18.0 Å². The second kappa shape index (κ2) is 13.1. The van der Waals surface area contributed by atoms with Gasteiger partial charge >= 0.3 is 5.97 Å². The Morgan fingerprint density at radius 1 is 0.977 bits per heavy atom. The SMILES string of the molecule is CC1CC(C)CN(c2ccccc2C(NC(=O)Cc2ccc3[nH]cc(CCC(=O)OC(C)(C)C)c3c2)c2ccccc2)C1. The summed E-state index contributed by atoms with van der Waals surface area (Å²) in [6.07, 6.45) is 4.33. The Bertz CT molecular complexity index is 1540.